The Kier molecular flexibility index (Phi) is 4.30. The molecule has 1 aromatic carbocycles. The van der Waals surface area contributed by atoms with Crippen LogP contribution in [0.25, 0.3) is 0 Å². The second kappa shape index (κ2) is 5.81. The molecule has 1 aliphatic rings. The number of aryl methyl sites for hydroxylation is 1. The first-order valence-corrected chi connectivity index (χ1v) is 6.71. The molecule has 1 N–H and O–H groups in total. The number of rotatable bonds is 4. The molecule has 1 atom stereocenters. The van der Waals surface area contributed by atoms with Gasteiger partial charge in [-0.25, -0.2) is 4.79 Å². The zero-order chi connectivity index (χ0) is 14.8. The molecule has 0 aromatic heterocycles. The van der Waals surface area contributed by atoms with Crippen molar-refractivity contribution >= 4 is 5.97 Å². The van der Waals surface area contributed by atoms with Crippen molar-refractivity contribution in [3.8, 4) is 5.75 Å². The van der Waals surface area contributed by atoms with Gasteiger partial charge in [0, 0.05) is 18.7 Å². The van der Waals surface area contributed by atoms with Gasteiger partial charge in [-0.3, -0.25) is 4.90 Å². The Bertz CT molecular complexity index is 497. The van der Waals surface area contributed by atoms with Gasteiger partial charge in [0.25, 0.3) is 0 Å². The first kappa shape index (κ1) is 14.8. The van der Waals surface area contributed by atoms with E-state index in [1.165, 1.54) is 0 Å². The highest BCUT2D eigenvalue weighted by atomic mass is 16.5. The van der Waals surface area contributed by atoms with E-state index in [0.717, 1.165) is 5.56 Å². The number of hydrogen-bond acceptors (Lipinski definition) is 4. The molecule has 20 heavy (non-hydrogen) atoms. The molecule has 5 heteroatoms. The molecular weight excluding hydrogens is 258 g/mol. The third-order valence-corrected chi connectivity index (χ3v) is 3.94. The summed E-state index contributed by atoms with van der Waals surface area (Å²) >= 11 is 0. The van der Waals surface area contributed by atoms with Gasteiger partial charge in [-0.1, -0.05) is 11.6 Å². The predicted octanol–water partition coefficient (Wildman–Crippen LogP) is 1.64. The molecule has 0 amide bonds. The van der Waals surface area contributed by atoms with Crippen LogP contribution in [-0.2, 0) is 15.1 Å². The van der Waals surface area contributed by atoms with Crippen molar-refractivity contribution in [2.45, 2.75) is 19.4 Å². The number of aliphatic carboxylic acids is 1. The third-order valence-electron chi connectivity index (χ3n) is 3.94. The number of carboxylic acid groups (broad SMARTS) is 1. The Morgan fingerprint density at radius 3 is 2.60 bits per heavy atom. The van der Waals surface area contributed by atoms with Crippen LogP contribution in [0.15, 0.2) is 18.2 Å². The van der Waals surface area contributed by atoms with E-state index in [4.69, 9.17) is 9.47 Å². The van der Waals surface area contributed by atoms with E-state index in [1.807, 2.05) is 30.0 Å². The molecule has 5 nitrogen and oxygen atoms in total. The first-order chi connectivity index (χ1) is 9.50. The number of carbonyl (C=O) groups is 1. The second-order valence-electron chi connectivity index (χ2n) is 5.18. The SMILES string of the molecule is COc1ccc(C)cc1C(C)(C(=O)O)N1CCOCC1. The molecule has 0 radical (unpaired) electrons. The summed E-state index contributed by atoms with van der Waals surface area (Å²) in [5, 5.41) is 9.81. The van der Waals surface area contributed by atoms with Crippen molar-refractivity contribution in [1.82, 2.24) is 4.90 Å². The zero-order valence-corrected chi connectivity index (χ0v) is 12.2. The van der Waals surface area contributed by atoms with Crippen molar-refractivity contribution in [1.29, 1.82) is 0 Å². The molecule has 1 aromatic rings. The van der Waals surface area contributed by atoms with E-state index < -0.39 is 11.5 Å². The summed E-state index contributed by atoms with van der Waals surface area (Å²) in [4.78, 5) is 13.9. The fourth-order valence-electron chi connectivity index (χ4n) is 2.63. The summed E-state index contributed by atoms with van der Waals surface area (Å²) in [5.74, 6) is -0.268. The molecule has 110 valence electrons. The largest absolute Gasteiger partial charge is 0.496 e. The fraction of sp³-hybridized carbons (Fsp3) is 0.533. The number of nitrogens with zero attached hydrogens (tertiary/aromatic N) is 1. The molecular formula is C15H21NO4. The van der Waals surface area contributed by atoms with Crippen molar-refractivity contribution in [3.05, 3.63) is 29.3 Å². The van der Waals surface area contributed by atoms with Crippen LogP contribution in [0.5, 0.6) is 5.75 Å². The van der Waals surface area contributed by atoms with Crippen LogP contribution in [0.4, 0.5) is 0 Å². The van der Waals surface area contributed by atoms with Gasteiger partial charge in [0.1, 0.15) is 11.3 Å². The van der Waals surface area contributed by atoms with Crippen LogP contribution in [-0.4, -0.2) is 49.4 Å². The standard InChI is InChI=1S/C15H21NO4/c1-11-4-5-13(19-3)12(10-11)15(2,14(17)18)16-6-8-20-9-7-16/h4-5,10H,6-9H2,1-3H3,(H,17,18). The first-order valence-electron chi connectivity index (χ1n) is 6.71. The Balaban J connectivity index is 2.51. The Hall–Kier alpha value is -1.59. The van der Waals surface area contributed by atoms with Gasteiger partial charge in [0.15, 0.2) is 0 Å². The van der Waals surface area contributed by atoms with Gasteiger partial charge < -0.3 is 14.6 Å². The van der Waals surface area contributed by atoms with Crippen molar-refractivity contribution < 1.29 is 19.4 Å². The van der Waals surface area contributed by atoms with E-state index in [-0.39, 0.29) is 0 Å². The molecule has 1 heterocycles. The van der Waals surface area contributed by atoms with E-state index >= 15 is 0 Å². The van der Waals surface area contributed by atoms with E-state index in [9.17, 15) is 9.90 Å². The molecule has 0 saturated carbocycles. The lowest BCUT2D eigenvalue weighted by molar-refractivity contribution is -0.154. The highest BCUT2D eigenvalue weighted by Crippen LogP contribution is 2.36. The van der Waals surface area contributed by atoms with Gasteiger partial charge in [0.05, 0.1) is 20.3 Å². The summed E-state index contributed by atoms with van der Waals surface area (Å²) < 4.78 is 10.7. The number of methoxy groups -OCH3 is 1. The predicted molar refractivity (Wildman–Crippen MR) is 75.1 cm³/mol. The van der Waals surface area contributed by atoms with Gasteiger partial charge in [-0.05, 0) is 26.0 Å². The quantitative estimate of drug-likeness (QED) is 0.908. The summed E-state index contributed by atoms with van der Waals surface area (Å²) in [5.41, 5.74) is 0.595. The van der Waals surface area contributed by atoms with Gasteiger partial charge >= 0.3 is 5.97 Å². The van der Waals surface area contributed by atoms with Crippen molar-refractivity contribution in [2.24, 2.45) is 0 Å². The van der Waals surface area contributed by atoms with Crippen LogP contribution >= 0.6 is 0 Å². The smallest absolute Gasteiger partial charge is 0.328 e. The zero-order valence-electron chi connectivity index (χ0n) is 12.2. The van der Waals surface area contributed by atoms with Crippen molar-refractivity contribution in [2.75, 3.05) is 33.4 Å². The number of hydrogen-bond donors (Lipinski definition) is 1. The minimum absolute atomic E-state index is 0.553. The van der Waals surface area contributed by atoms with Crippen LogP contribution in [0.3, 0.4) is 0 Å². The molecule has 0 aliphatic carbocycles. The van der Waals surface area contributed by atoms with Crippen molar-refractivity contribution in [3.63, 3.8) is 0 Å². The minimum Gasteiger partial charge on any atom is -0.496 e. The molecule has 2 rings (SSSR count). The summed E-state index contributed by atoms with van der Waals surface area (Å²) in [7, 11) is 1.57. The molecule has 1 fully saturated rings. The topological polar surface area (TPSA) is 59.0 Å². The Labute approximate surface area is 119 Å². The monoisotopic (exact) mass is 279 g/mol. The minimum atomic E-state index is -1.11. The number of benzene rings is 1. The van der Waals surface area contributed by atoms with Crippen LogP contribution < -0.4 is 4.74 Å². The summed E-state index contributed by atoms with van der Waals surface area (Å²) in [6, 6.07) is 5.64. The average Bonchev–Trinajstić information content (AvgIpc) is 2.47. The number of ether oxygens (including phenoxy) is 2. The number of morpholine rings is 1. The van der Waals surface area contributed by atoms with E-state index in [0.29, 0.717) is 37.6 Å². The molecule has 1 aliphatic heterocycles. The molecule has 1 unspecified atom stereocenters. The van der Waals surface area contributed by atoms with E-state index in [2.05, 4.69) is 0 Å². The fourth-order valence-corrected chi connectivity index (χ4v) is 2.63. The van der Waals surface area contributed by atoms with Crippen LogP contribution in [0.2, 0.25) is 0 Å². The maximum absolute atomic E-state index is 12.0. The van der Waals surface area contributed by atoms with Crippen LogP contribution in [0, 0.1) is 6.92 Å². The maximum Gasteiger partial charge on any atom is 0.328 e. The lowest BCUT2D eigenvalue weighted by Crippen LogP contribution is -2.54. The molecule has 1 saturated heterocycles. The maximum atomic E-state index is 12.0. The third kappa shape index (κ3) is 2.51. The summed E-state index contributed by atoms with van der Waals surface area (Å²) in [6.45, 7) is 5.98. The molecule has 0 spiro atoms. The lowest BCUT2D eigenvalue weighted by Gasteiger charge is -2.41. The Morgan fingerprint density at radius 1 is 1.40 bits per heavy atom. The normalized spacial score (nSPS) is 19.4. The molecule has 0 bridgehead atoms. The highest BCUT2D eigenvalue weighted by Gasteiger charge is 2.44. The number of carboxylic acids is 1. The van der Waals surface area contributed by atoms with Gasteiger partial charge in [0.2, 0.25) is 0 Å². The van der Waals surface area contributed by atoms with E-state index in [1.54, 1.807) is 14.0 Å². The summed E-state index contributed by atoms with van der Waals surface area (Å²) in [6.07, 6.45) is 0. The average molecular weight is 279 g/mol. The van der Waals surface area contributed by atoms with Gasteiger partial charge in [-0.2, -0.15) is 0 Å². The van der Waals surface area contributed by atoms with Gasteiger partial charge in [-0.15, -0.1) is 0 Å². The Morgan fingerprint density at radius 2 is 2.05 bits per heavy atom. The highest BCUT2D eigenvalue weighted by molar-refractivity contribution is 5.81. The van der Waals surface area contributed by atoms with Crippen LogP contribution in [0.1, 0.15) is 18.1 Å². The lowest BCUT2D eigenvalue weighted by atomic mass is 9.87. The second-order valence-corrected chi connectivity index (χ2v) is 5.18.